The van der Waals surface area contributed by atoms with Crippen molar-refractivity contribution in [3.05, 3.63) is 36.0 Å². The fourth-order valence-electron chi connectivity index (χ4n) is 1.48. The molecule has 0 aliphatic carbocycles. The number of aromatic nitrogens is 2. The summed E-state index contributed by atoms with van der Waals surface area (Å²) in [7, 11) is 0. The average molecular weight is 264 g/mol. The first-order valence-electron chi connectivity index (χ1n) is 6.10. The van der Waals surface area contributed by atoms with Crippen LogP contribution in [-0.2, 0) is 13.0 Å². The van der Waals surface area contributed by atoms with Crippen LogP contribution in [0.25, 0.3) is 0 Å². The quantitative estimate of drug-likeness (QED) is 0.818. The van der Waals surface area contributed by atoms with Gasteiger partial charge in [0.1, 0.15) is 6.61 Å². The first-order chi connectivity index (χ1) is 9.33. The normalized spacial score (nSPS) is 10.4. The zero-order valence-corrected chi connectivity index (χ0v) is 10.7. The molecule has 0 atom stereocenters. The smallest absolute Gasteiger partial charge is 0.264 e. The molecule has 0 amide bonds. The molecule has 19 heavy (non-hydrogen) atoms. The lowest BCUT2D eigenvalue weighted by Gasteiger charge is -2.10. The van der Waals surface area contributed by atoms with E-state index in [9.17, 15) is 0 Å². The minimum atomic E-state index is -0.0438. The third-order valence-electron chi connectivity index (χ3n) is 2.38. The molecule has 0 fully saturated rings. The molecule has 0 saturated heterocycles. The molecule has 1 aromatic heterocycles. The molecule has 0 aliphatic heterocycles. The van der Waals surface area contributed by atoms with E-state index < -0.39 is 0 Å². The Morgan fingerprint density at radius 3 is 2.58 bits per heavy atom. The van der Waals surface area contributed by atoms with Gasteiger partial charge in [-0.15, -0.1) is 0 Å². The van der Waals surface area contributed by atoms with Gasteiger partial charge in [0.25, 0.3) is 5.89 Å². The molecule has 2 aromatic rings. The van der Waals surface area contributed by atoms with Crippen LogP contribution in [0.15, 0.2) is 28.8 Å². The molecule has 1 N–H and O–H groups in total. The third kappa shape index (κ3) is 3.69. The van der Waals surface area contributed by atoms with Crippen molar-refractivity contribution < 1.29 is 19.1 Å². The second kappa shape index (κ2) is 6.75. The number of aliphatic hydroxyl groups is 1. The second-order valence-electron chi connectivity index (χ2n) is 3.77. The fraction of sp³-hybridized carbons (Fsp3) is 0.385. The molecule has 0 aliphatic rings. The van der Waals surface area contributed by atoms with Crippen LogP contribution >= 0.6 is 0 Å². The zero-order chi connectivity index (χ0) is 13.5. The second-order valence-corrected chi connectivity index (χ2v) is 3.77. The number of hydrogen-bond acceptors (Lipinski definition) is 6. The number of benzene rings is 1. The van der Waals surface area contributed by atoms with Crippen LogP contribution in [0.2, 0.25) is 0 Å². The topological polar surface area (TPSA) is 77.6 Å². The van der Waals surface area contributed by atoms with Crippen molar-refractivity contribution in [3.8, 4) is 11.5 Å². The molecule has 0 bridgehead atoms. The number of aliphatic hydroxyl groups excluding tert-OH is 1. The van der Waals surface area contributed by atoms with E-state index in [1.807, 2.05) is 19.1 Å². The molecule has 0 spiro atoms. The molecule has 102 valence electrons. The van der Waals surface area contributed by atoms with Crippen molar-refractivity contribution in [1.82, 2.24) is 10.1 Å². The summed E-state index contributed by atoms with van der Waals surface area (Å²) in [6.45, 7) is 2.32. The largest absolute Gasteiger partial charge is 0.487 e. The highest BCUT2D eigenvalue weighted by atomic mass is 16.5. The van der Waals surface area contributed by atoms with Gasteiger partial charge in [-0.25, -0.2) is 0 Å². The highest BCUT2D eigenvalue weighted by Crippen LogP contribution is 2.26. The molecule has 6 heteroatoms. The van der Waals surface area contributed by atoms with Gasteiger partial charge in [0, 0.05) is 6.42 Å². The molecule has 0 unspecified atom stereocenters. The Kier molecular flexibility index (Phi) is 4.74. The molecule has 1 heterocycles. The monoisotopic (exact) mass is 264 g/mol. The predicted molar refractivity (Wildman–Crippen MR) is 67.0 cm³/mol. The van der Waals surface area contributed by atoms with Crippen molar-refractivity contribution >= 4 is 0 Å². The van der Waals surface area contributed by atoms with Crippen LogP contribution in [0, 0.1) is 0 Å². The molecule has 1 aromatic carbocycles. The molecule has 0 saturated carbocycles. The molecule has 2 rings (SSSR count). The van der Waals surface area contributed by atoms with Gasteiger partial charge >= 0.3 is 0 Å². The Morgan fingerprint density at radius 1 is 1.21 bits per heavy atom. The van der Waals surface area contributed by atoms with Crippen LogP contribution < -0.4 is 9.47 Å². The van der Waals surface area contributed by atoms with Crippen LogP contribution in [0.1, 0.15) is 18.6 Å². The van der Waals surface area contributed by atoms with Gasteiger partial charge in [0.2, 0.25) is 0 Å². The molecule has 0 radical (unpaired) electrons. The Balaban J connectivity index is 1.98. The summed E-state index contributed by atoms with van der Waals surface area (Å²) in [5.74, 6) is 2.23. The van der Waals surface area contributed by atoms with Crippen molar-refractivity contribution in [2.24, 2.45) is 0 Å². The number of para-hydroxylation sites is 2. The number of rotatable bonds is 7. The van der Waals surface area contributed by atoms with Gasteiger partial charge in [-0.1, -0.05) is 24.2 Å². The van der Waals surface area contributed by atoms with Gasteiger partial charge in [-0.05, 0) is 12.1 Å². The van der Waals surface area contributed by atoms with E-state index in [0.29, 0.717) is 23.2 Å². The van der Waals surface area contributed by atoms with Crippen LogP contribution in [0.3, 0.4) is 0 Å². The lowest BCUT2D eigenvalue weighted by Crippen LogP contribution is -2.04. The predicted octanol–water partition coefficient (Wildman–Crippen LogP) is 1.58. The number of hydrogen-bond donors (Lipinski definition) is 1. The summed E-state index contributed by atoms with van der Waals surface area (Å²) in [5, 5.41) is 12.5. The van der Waals surface area contributed by atoms with Gasteiger partial charge in [0.05, 0.1) is 6.61 Å². The Bertz CT molecular complexity index is 513. The van der Waals surface area contributed by atoms with Crippen molar-refractivity contribution in [3.63, 3.8) is 0 Å². The Morgan fingerprint density at radius 2 is 1.95 bits per heavy atom. The van der Waals surface area contributed by atoms with E-state index >= 15 is 0 Å². The van der Waals surface area contributed by atoms with E-state index in [1.54, 1.807) is 12.1 Å². The fourth-order valence-corrected chi connectivity index (χ4v) is 1.48. The SMILES string of the molecule is CCc1noc(COc2ccccc2OCCO)n1. The summed E-state index contributed by atoms with van der Waals surface area (Å²) >= 11 is 0. The number of ether oxygens (including phenoxy) is 2. The van der Waals surface area contributed by atoms with Gasteiger partial charge in [-0.2, -0.15) is 4.98 Å². The van der Waals surface area contributed by atoms with Gasteiger partial charge < -0.3 is 19.1 Å². The first kappa shape index (κ1) is 13.4. The maximum Gasteiger partial charge on any atom is 0.264 e. The maximum atomic E-state index is 8.76. The molecular weight excluding hydrogens is 248 g/mol. The van der Waals surface area contributed by atoms with E-state index in [1.165, 1.54) is 0 Å². The lowest BCUT2D eigenvalue weighted by atomic mass is 10.3. The summed E-state index contributed by atoms with van der Waals surface area (Å²) < 4.78 is 16.0. The van der Waals surface area contributed by atoms with Gasteiger partial charge in [0.15, 0.2) is 23.9 Å². The Hall–Kier alpha value is -2.08. The standard InChI is InChI=1S/C13H16N2O4/c1-2-12-14-13(19-15-12)9-18-11-6-4-3-5-10(11)17-8-7-16/h3-6,16H,2,7-9H2,1H3. The Labute approximate surface area is 111 Å². The van der Waals surface area contributed by atoms with Crippen molar-refractivity contribution in [1.29, 1.82) is 0 Å². The van der Waals surface area contributed by atoms with E-state index in [0.717, 1.165) is 6.42 Å². The number of aryl methyl sites for hydroxylation is 1. The highest BCUT2D eigenvalue weighted by molar-refractivity contribution is 5.39. The molecular formula is C13H16N2O4. The van der Waals surface area contributed by atoms with Gasteiger partial charge in [-0.3, -0.25) is 0 Å². The lowest BCUT2D eigenvalue weighted by molar-refractivity contribution is 0.187. The van der Waals surface area contributed by atoms with E-state index in [-0.39, 0.29) is 19.8 Å². The van der Waals surface area contributed by atoms with E-state index in [4.69, 9.17) is 19.1 Å². The molecule has 6 nitrogen and oxygen atoms in total. The minimum Gasteiger partial charge on any atom is -0.487 e. The van der Waals surface area contributed by atoms with E-state index in [2.05, 4.69) is 10.1 Å². The van der Waals surface area contributed by atoms with Crippen molar-refractivity contribution in [2.45, 2.75) is 20.0 Å². The summed E-state index contributed by atoms with van der Waals surface area (Å²) in [4.78, 5) is 4.15. The maximum absolute atomic E-state index is 8.76. The van der Waals surface area contributed by atoms with Crippen molar-refractivity contribution in [2.75, 3.05) is 13.2 Å². The van der Waals surface area contributed by atoms with Crippen LogP contribution in [-0.4, -0.2) is 28.5 Å². The average Bonchev–Trinajstić information content (AvgIpc) is 2.91. The first-order valence-corrected chi connectivity index (χ1v) is 6.10. The third-order valence-corrected chi connectivity index (χ3v) is 2.38. The summed E-state index contributed by atoms with van der Waals surface area (Å²) in [6, 6.07) is 7.23. The summed E-state index contributed by atoms with van der Waals surface area (Å²) in [5.41, 5.74) is 0. The highest BCUT2D eigenvalue weighted by Gasteiger charge is 2.08. The zero-order valence-electron chi connectivity index (χ0n) is 10.7. The van der Waals surface area contributed by atoms with Crippen LogP contribution in [0.4, 0.5) is 0 Å². The minimum absolute atomic E-state index is 0.0438. The number of nitrogens with zero attached hydrogens (tertiary/aromatic N) is 2. The van der Waals surface area contributed by atoms with Crippen LogP contribution in [0.5, 0.6) is 11.5 Å². The summed E-state index contributed by atoms with van der Waals surface area (Å²) in [6.07, 6.45) is 0.722.